The van der Waals surface area contributed by atoms with Gasteiger partial charge in [-0.25, -0.2) is 13.9 Å². The Morgan fingerprint density at radius 3 is 2.85 bits per heavy atom. The summed E-state index contributed by atoms with van der Waals surface area (Å²) in [6.07, 6.45) is 4.98. The maximum absolute atomic E-state index is 13.0. The topological polar surface area (TPSA) is 97.6 Å². The minimum absolute atomic E-state index is 0.0287. The zero-order valence-corrected chi connectivity index (χ0v) is 14.6. The molecule has 140 valence electrons. The number of aromatic nitrogens is 5. The number of aryl methyl sites for hydroxylation is 1. The highest BCUT2D eigenvalue weighted by molar-refractivity contribution is 5.93. The Morgan fingerprint density at radius 2 is 2.11 bits per heavy atom. The third-order valence-corrected chi connectivity index (χ3v) is 4.76. The summed E-state index contributed by atoms with van der Waals surface area (Å²) in [6.45, 7) is 0.799. The third kappa shape index (κ3) is 3.67. The molecular formula is C18H19FN6O2. The van der Waals surface area contributed by atoms with Gasteiger partial charge >= 0.3 is 5.69 Å². The highest BCUT2D eigenvalue weighted by Crippen LogP contribution is 2.13. The van der Waals surface area contributed by atoms with Gasteiger partial charge in [0.05, 0.1) is 18.3 Å². The number of halogens is 1. The summed E-state index contributed by atoms with van der Waals surface area (Å²) < 4.78 is 16.1. The van der Waals surface area contributed by atoms with Gasteiger partial charge in [0.15, 0.2) is 0 Å². The maximum Gasteiger partial charge on any atom is 0.346 e. The molecule has 0 saturated heterocycles. The van der Waals surface area contributed by atoms with Crippen LogP contribution in [-0.4, -0.2) is 36.5 Å². The predicted molar refractivity (Wildman–Crippen MR) is 94.8 cm³/mol. The smallest absolute Gasteiger partial charge is 0.346 e. The molecule has 1 aliphatic heterocycles. The summed E-state index contributed by atoms with van der Waals surface area (Å²) >= 11 is 0. The van der Waals surface area contributed by atoms with Gasteiger partial charge < -0.3 is 5.32 Å². The largest absolute Gasteiger partial charge is 0.349 e. The van der Waals surface area contributed by atoms with Gasteiger partial charge in [0.25, 0.3) is 5.91 Å². The highest BCUT2D eigenvalue weighted by Gasteiger charge is 2.22. The molecule has 0 spiro atoms. The van der Waals surface area contributed by atoms with Crippen LogP contribution in [-0.2, 0) is 19.5 Å². The number of amides is 1. The highest BCUT2D eigenvalue weighted by atomic mass is 19.1. The minimum atomic E-state index is -0.310. The lowest BCUT2D eigenvalue weighted by Crippen LogP contribution is -2.35. The molecule has 2 N–H and O–H groups in total. The summed E-state index contributed by atoms with van der Waals surface area (Å²) in [5.74, 6) is 0.222. The van der Waals surface area contributed by atoms with Crippen molar-refractivity contribution in [2.24, 2.45) is 0 Å². The lowest BCUT2D eigenvalue weighted by atomic mass is 10.1. The number of nitrogens with one attached hydrogen (secondary N) is 2. The van der Waals surface area contributed by atoms with Crippen LogP contribution in [0, 0.1) is 5.82 Å². The van der Waals surface area contributed by atoms with E-state index < -0.39 is 0 Å². The van der Waals surface area contributed by atoms with E-state index in [4.69, 9.17) is 0 Å². The fourth-order valence-corrected chi connectivity index (χ4v) is 3.28. The second kappa shape index (κ2) is 7.18. The molecule has 9 heteroatoms. The first kappa shape index (κ1) is 17.2. The molecule has 3 aromatic rings. The second-order valence-electron chi connectivity index (χ2n) is 6.62. The number of nitrogens with zero attached hydrogens (tertiary/aromatic N) is 4. The molecule has 0 aliphatic carbocycles. The Bertz CT molecular complexity index is 990. The fraction of sp³-hybridized carbons (Fsp3) is 0.333. The normalized spacial score (nSPS) is 16.6. The average molecular weight is 370 g/mol. The monoisotopic (exact) mass is 370 g/mol. The van der Waals surface area contributed by atoms with Crippen LogP contribution in [0.5, 0.6) is 0 Å². The lowest BCUT2D eigenvalue weighted by molar-refractivity contribution is 0.0933. The summed E-state index contributed by atoms with van der Waals surface area (Å²) in [7, 11) is 0. The second-order valence-corrected chi connectivity index (χ2v) is 6.62. The number of carbonyl (C=O) groups excluding carboxylic acids is 1. The van der Waals surface area contributed by atoms with Crippen LogP contribution in [0.3, 0.4) is 0 Å². The number of rotatable bonds is 4. The van der Waals surface area contributed by atoms with Crippen LogP contribution in [0.25, 0.3) is 0 Å². The van der Waals surface area contributed by atoms with E-state index in [0.29, 0.717) is 43.7 Å². The van der Waals surface area contributed by atoms with Crippen molar-refractivity contribution in [1.82, 2.24) is 29.9 Å². The van der Waals surface area contributed by atoms with Gasteiger partial charge in [0.2, 0.25) is 0 Å². The van der Waals surface area contributed by atoms with Crippen LogP contribution in [0.2, 0.25) is 0 Å². The molecule has 8 nitrogen and oxygen atoms in total. The van der Waals surface area contributed by atoms with Crippen molar-refractivity contribution in [2.45, 2.75) is 38.4 Å². The Hall–Kier alpha value is -3.23. The van der Waals surface area contributed by atoms with Crippen molar-refractivity contribution >= 4 is 5.91 Å². The first-order valence-electron chi connectivity index (χ1n) is 8.81. The number of benzene rings is 1. The van der Waals surface area contributed by atoms with Crippen LogP contribution in [0.4, 0.5) is 4.39 Å². The number of fused-ring (bicyclic) bond motifs is 1. The van der Waals surface area contributed by atoms with Gasteiger partial charge in [0.1, 0.15) is 11.6 Å². The molecule has 2 aromatic heterocycles. The number of hydrogen-bond donors (Lipinski definition) is 2. The molecule has 3 heterocycles. The molecular weight excluding hydrogens is 351 g/mol. The Balaban J connectivity index is 1.44. The minimum Gasteiger partial charge on any atom is -0.349 e. The first-order valence-corrected chi connectivity index (χ1v) is 8.81. The molecule has 0 bridgehead atoms. The first-order chi connectivity index (χ1) is 13.1. The van der Waals surface area contributed by atoms with Gasteiger partial charge in [-0.15, -0.1) is 0 Å². The molecule has 1 atom stereocenters. The summed E-state index contributed by atoms with van der Waals surface area (Å²) in [4.78, 5) is 24.8. The predicted octanol–water partition coefficient (Wildman–Crippen LogP) is 1.09. The molecule has 4 rings (SSSR count). The van der Waals surface area contributed by atoms with Gasteiger partial charge in [-0.1, -0.05) is 12.1 Å². The van der Waals surface area contributed by atoms with E-state index >= 15 is 0 Å². The van der Waals surface area contributed by atoms with Crippen molar-refractivity contribution in [2.75, 3.05) is 0 Å². The van der Waals surface area contributed by atoms with Crippen molar-refractivity contribution in [1.29, 1.82) is 0 Å². The van der Waals surface area contributed by atoms with Crippen molar-refractivity contribution in [3.8, 4) is 0 Å². The third-order valence-electron chi connectivity index (χ3n) is 4.76. The Kier molecular flexibility index (Phi) is 4.57. The standard InChI is InChI=1S/C18H19FN6O2/c19-14-3-1-12(2-4-14)11-25-18(27)24-8-7-15(5-6-16(24)23-25)22-17(26)13-9-20-21-10-13/h1-4,9-10,15H,5-8,11H2,(H,20,21)(H,22,26). The van der Waals surface area contributed by atoms with E-state index in [1.54, 1.807) is 22.9 Å². The number of H-pyrrole nitrogens is 1. The van der Waals surface area contributed by atoms with E-state index in [0.717, 1.165) is 5.56 Å². The van der Waals surface area contributed by atoms with E-state index in [-0.39, 0.29) is 23.5 Å². The maximum atomic E-state index is 13.0. The van der Waals surface area contributed by atoms with Crippen LogP contribution < -0.4 is 11.0 Å². The van der Waals surface area contributed by atoms with E-state index in [2.05, 4.69) is 20.6 Å². The molecule has 1 aliphatic rings. The molecule has 0 saturated carbocycles. The van der Waals surface area contributed by atoms with Crippen LogP contribution in [0.15, 0.2) is 41.5 Å². The van der Waals surface area contributed by atoms with Crippen molar-refractivity contribution in [3.63, 3.8) is 0 Å². The Labute approximate surface area is 154 Å². The summed E-state index contributed by atoms with van der Waals surface area (Å²) in [6, 6.07) is 6.00. The van der Waals surface area contributed by atoms with Gasteiger partial charge in [0, 0.05) is 25.2 Å². The number of aromatic amines is 1. The molecule has 1 unspecified atom stereocenters. The summed E-state index contributed by atoms with van der Waals surface area (Å²) in [5, 5.41) is 13.8. The van der Waals surface area contributed by atoms with Gasteiger partial charge in [-0.05, 0) is 30.5 Å². The average Bonchev–Trinajstić information content (AvgIpc) is 3.24. The zero-order chi connectivity index (χ0) is 18.8. The molecule has 1 amide bonds. The quantitative estimate of drug-likeness (QED) is 0.718. The lowest BCUT2D eigenvalue weighted by Gasteiger charge is -2.15. The van der Waals surface area contributed by atoms with Crippen molar-refractivity contribution < 1.29 is 9.18 Å². The fourth-order valence-electron chi connectivity index (χ4n) is 3.28. The zero-order valence-electron chi connectivity index (χ0n) is 14.6. The molecule has 27 heavy (non-hydrogen) atoms. The molecule has 1 aromatic carbocycles. The summed E-state index contributed by atoms with van der Waals surface area (Å²) in [5.41, 5.74) is 1.12. The van der Waals surface area contributed by atoms with E-state index in [1.807, 2.05) is 0 Å². The van der Waals surface area contributed by atoms with Crippen LogP contribution >= 0.6 is 0 Å². The SMILES string of the molecule is O=C(NC1CCc2nn(Cc3ccc(F)cc3)c(=O)n2CC1)c1cn[nH]c1. The van der Waals surface area contributed by atoms with Gasteiger partial charge in [-0.3, -0.25) is 14.5 Å². The van der Waals surface area contributed by atoms with E-state index in [1.165, 1.54) is 23.0 Å². The number of carbonyl (C=O) groups is 1. The van der Waals surface area contributed by atoms with E-state index in [9.17, 15) is 14.0 Å². The Morgan fingerprint density at radius 1 is 1.30 bits per heavy atom. The number of hydrogen-bond acceptors (Lipinski definition) is 4. The molecule has 0 radical (unpaired) electrons. The molecule has 0 fully saturated rings. The van der Waals surface area contributed by atoms with Crippen LogP contribution in [0.1, 0.15) is 34.6 Å². The van der Waals surface area contributed by atoms with Crippen molar-refractivity contribution in [3.05, 3.63) is 69.9 Å². The van der Waals surface area contributed by atoms with Gasteiger partial charge in [-0.2, -0.15) is 10.2 Å².